The fourth-order valence-corrected chi connectivity index (χ4v) is 4.25. The number of amides is 2. The summed E-state index contributed by atoms with van der Waals surface area (Å²) in [6.07, 6.45) is 0.320. The van der Waals surface area contributed by atoms with Gasteiger partial charge in [-0.2, -0.15) is 0 Å². The highest BCUT2D eigenvalue weighted by molar-refractivity contribution is 5.89. The van der Waals surface area contributed by atoms with E-state index >= 15 is 0 Å². The largest absolute Gasteiger partial charge is 0.497 e. The van der Waals surface area contributed by atoms with Crippen LogP contribution in [-0.4, -0.2) is 61.4 Å². The van der Waals surface area contributed by atoms with E-state index in [-0.39, 0.29) is 17.7 Å². The fourth-order valence-electron chi connectivity index (χ4n) is 4.25. The van der Waals surface area contributed by atoms with Gasteiger partial charge in [-0.3, -0.25) is 9.59 Å². The van der Waals surface area contributed by atoms with Crippen LogP contribution in [0.2, 0.25) is 0 Å². The Balaban J connectivity index is 1.32. The van der Waals surface area contributed by atoms with Crippen molar-refractivity contribution in [3.63, 3.8) is 0 Å². The highest BCUT2D eigenvalue weighted by Crippen LogP contribution is 2.25. The van der Waals surface area contributed by atoms with Crippen molar-refractivity contribution in [2.45, 2.75) is 19.9 Å². The second-order valence-electron chi connectivity index (χ2n) is 8.17. The van der Waals surface area contributed by atoms with Crippen LogP contribution in [0.1, 0.15) is 17.5 Å². The van der Waals surface area contributed by atoms with Crippen LogP contribution in [-0.2, 0) is 16.1 Å². The number of benzene rings is 2. The molecule has 0 N–H and O–H groups in total. The number of anilines is 1. The van der Waals surface area contributed by atoms with Crippen LogP contribution in [0.15, 0.2) is 48.5 Å². The molecule has 2 fully saturated rings. The molecule has 158 valence electrons. The van der Waals surface area contributed by atoms with Crippen LogP contribution in [0.5, 0.6) is 5.75 Å². The zero-order chi connectivity index (χ0) is 21.1. The standard InChI is InChI=1S/C24H29N3O3/c1-18-6-8-19(9-7-18)16-27-17-20(14-23(27)28)24(29)26-12-10-25(11-13-26)21-4-3-5-22(15-21)30-2/h3-9,15,20H,10-14,16-17H2,1-2H3. The van der Waals surface area contributed by atoms with E-state index < -0.39 is 0 Å². The molecule has 2 aromatic carbocycles. The Morgan fingerprint density at radius 1 is 1.07 bits per heavy atom. The van der Waals surface area contributed by atoms with E-state index in [1.807, 2.05) is 34.9 Å². The van der Waals surface area contributed by atoms with Gasteiger partial charge in [0.25, 0.3) is 0 Å². The molecule has 2 saturated heterocycles. The van der Waals surface area contributed by atoms with Gasteiger partial charge in [0.15, 0.2) is 0 Å². The van der Waals surface area contributed by atoms with Crippen molar-refractivity contribution in [2.24, 2.45) is 5.92 Å². The summed E-state index contributed by atoms with van der Waals surface area (Å²) in [7, 11) is 1.67. The van der Waals surface area contributed by atoms with E-state index in [9.17, 15) is 9.59 Å². The minimum atomic E-state index is -0.230. The van der Waals surface area contributed by atoms with Gasteiger partial charge in [-0.15, -0.1) is 0 Å². The Bertz CT molecular complexity index is 904. The average molecular weight is 408 g/mol. The molecule has 6 heteroatoms. The van der Waals surface area contributed by atoms with Gasteiger partial charge in [-0.05, 0) is 24.6 Å². The summed E-state index contributed by atoms with van der Waals surface area (Å²) in [5.41, 5.74) is 3.42. The molecule has 0 aromatic heterocycles. The van der Waals surface area contributed by atoms with Crippen molar-refractivity contribution in [3.05, 3.63) is 59.7 Å². The third-order valence-corrected chi connectivity index (χ3v) is 6.07. The molecule has 2 aromatic rings. The third kappa shape index (κ3) is 4.42. The average Bonchev–Trinajstić information content (AvgIpc) is 3.15. The summed E-state index contributed by atoms with van der Waals surface area (Å²) in [5.74, 6) is 0.791. The number of hydrogen-bond acceptors (Lipinski definition) is 4. The van der Waals surface area contributed by atoms with Crippen LogP contribution in [0.25, 0.3) is 0 Å². The molecule has 0 aliphatic carbocycles. The monoisotopic (exact) mass is 407 g/mol. The molecule has 0 spiro atoms. The number of aryl methyl sites for hydroxylation is 1. The predicted octanol–water partition coefficient (Wildman–Crippen LogP) is 2.70. The maximum absolute atomic E-state index is 13.0. The number of rotatable bonds is 5. The smallest absolute Gasteiger partial charge is 0.228 e. The maximum Gasteiger partial charge on any atom is 0.228 e. The molecular weight excluding hydrogens is 378 g/mol. The Morgan fingerprint density at radius 3 is 2.50 bits per heavy atom. The molecule has 0 bridgehead atoms. The van der Waals surface area contributed by atoms with Crippen LogP contribution in [0.4, 0.5) is 5.69 Å². The molecule has 2 aliphatic rings. The molecule has 2 amide bonds. The summed E-state index contributed by atoms with van der Waals surface area (Å²) >= 11 is 0. The molecular formula is C24H29N3O3. The van der Waals surface area contributed by atoms with E-state index in [1.165, 1.54) is 5.56 Å². The van der Waals surface area contributed by atoms with E-state index in [2.05, 4.69) is 35.2 Å². The summed E-state index contributed by atoms with van der Waals surface area (Å²) in [6, 6.07) is 16.2. The molecule has 2 aliphatic heterocycles. The number of ether oxygens (including phenoxy) is 1. The lowest BCUT2D eigenvalue weighted by Gasteiger charge is -2.37. The molecule has 1 atom stereocenters. The van der Waals surface area contributed by atoms with Crippen LogP contribution < -0.4 is 9.64 Å². The number of methoxy groups -OCH3 is 1. The fraction of sp³-hybridized carbons (Fsp3) is 0.417. The number of nitrogens with zero attached hydrogens (tertiary/aromatic N) is 3. The number of likely N-dealkylation sites (tertiary alicyclic amines) is 1. The Morgan fingerprint density at radius 2 is 1.80 bits per heavy atom. The summed E-state index contributed by atoms with van der Waals surface area (Å²) in [4.78, 5) is 31.5. The second-order valence-corrected chi connectivity index (χ2v) is 8.17. The van der Waals surface area contributed by atoms with Crippen molar-refractivity contribution in [1.82, 2.24) is 9.80 Å². The van der Waals surface area contributed by atoms with Gasteiger partial charge in [0.05, 0.1) is 13.0 Å². The molecule has 0 saturated carbocycles. The maximum atomic E-state index is 13.0. The quantitative estimate of drug-likeness (QED) is 0.765. The van der Waals surface area contributed by atoms with E-state index in [0.717, 1.165) is 30.1 Å². The molecule has 6 nitrogen and oxygen atoms in total. The first-order valence-electron chi connectivity index (χ1n) is 10.5. The summed E-state index contributed by atoms with van der Waals surface area (Å²) in [6.45, 7) is 6.07. The molecule has 1 unspecified atom stereocenters. The molecule has 0 radical (unpaired) electrons. The van der Waals surface area contributed by atoms with E-state index in [4.69, 9.17) is 4.74 Å². The van der Waals surface area contributed by atoms with Gasteiger partial charge in [0, 0.05) is 57.4 Å². The number of hydrogen-bond donors (Lipinski definition) is 0. The Labute approximate surface area is 178 Å². The Kier molecular flexibility index (Phi) is 5.93. The second kappa shape index (κ2) is 8.78. The van der Waals surface area contributed by atoms with Crippen molar-refractivity contribution in [1.29, 1.82) is 0 Å². The summed E-state index contributed by atoms with van der Waals surface area (Å²) in [5, 5.41) is 0. The van der Waals surface area contributed by atoms with Gasteiger partial charge in [0.2, 0.25) is 11.8 Å². The van der Waals surface area contributed by atoms with E-state index in [0.29, 0.717) is 32.6 Å². The summed E-state index contributed by atoms with van der Waals surface area (Å²) < 4.78 is 5.31. The SMILES string of the molecule is COc1cccc(N2CCN(C(=O)C3CC(=O)N(Cc4ccc(C)cc4)C3)CC2)c1. The first-order chi connectivity index (χ1) is 14.5. The highest BCUT2D eigenvalue weighted by atomic mass is 16.5. The lowest BCUT2D eigenvalue weighted by Crippen LogP contribution is -2.50. The van der Waals surface area contributed by atoms with Gasteiger partial charge in [-0.1, -0.05) is 35.9 Å². The van der Waals surface area contributed by atoms with Crippen molar-refractivity contribution < 1.29 is 14.3 Å². The predicted molar refractivity (Wildman–Crippen MR) is 116 cm³/mol. The van der Waals surface area contributed by atoms with Crippen LogP contribution in [0, 0.1) is 12.8 Å². The van der Waals surface area contributed by atoms with Crippen molar-refractivity contribution in [2.75, 3.05) is 44.7 Å². The van der Waals surface area contributed by atoms with Gasteiger partial charge in [-0.25, -0.2) is 0 Å². The number of piperazine rings is 1. The number of carbonyl (C=O) groups is 2. The van der Waals surface area contributed by atoms with Gasteiger partial charge < -0.3 is 19.4 Å². The molecule has 2 heterocycles. The van der Waals surface area contributed by atoms with Crippen molar-refractivity contribution >= 4 is 17.5 Å². The normalized spacial score (nSPS) is 19.3. The third-order valence-electron chi connectivity index (χ3n) is 6.07. The topological polar surface area (TPSA) is 53.1 Å². The Hall–Kier alpha value is -3.02. The first-order valence-corrected chi connectivity index (χ1v) is 10.5. The minimum Gasteiger partial charge on any atom is -0.497 e. The molecule has 30 heavy (non-hydrogen) atoms. The highest BCUT2D eigenvalue weighted by Gasteiger charge is 2.37. The molecule has 4 rings (SSSR count). The lowest BCUT2D eigenvalue weighted by atomic mass is 10.1. The lowest BCUT2D eigenvalue weighted by molar-refractivity contribution is -0.136. The van der Waals surface area contributed by atoms with Crippen LogP contribution >= 0.6 is 0 Å². The van der Waals surface area contributed by atoms with Crippen molar-refractivity contribution in [3.8, 4) is 5.75 Å². The number of carbonyl (C=O) groups excluding carboxylic acids is 2. The van der Waals surface area contributed by atoms with E-state index in [1.54, 1.807) is 7.11 Å². The van der Waals surface area contributed by atoms with Crippen LogP contribution in [0.3, 0.4) is 0 Å². The first kappa shape index (κ1) is 20.3. The minimum absolute atomic E-state index is 0.0731. The zero-order valence-electron chi connectivity index (χ0n) is 17.7. The van der Waals surface area contributed by atoms with Gasteiger partial charge in [0.1, 0.15) is 5.75 Å². The zero-order valence-corrected chi connectivity index (χ0v) is 17.7. The van der Waals surface area contributed by atoms with Gasteiger partial charge >= 0.3 is 0 Å².